The van der Waals surface area contributed by atoms with Gasteiger partial charge in [-0.3, -0.25) is 4.79 Å². The van der Waals surface area contributed by atoms with Crippen LogP contribution in [0.5, 0.6) is 0 Å². The molecule has 0 spiro atoms. The summed E-state index contributed by atoms with van der Waals surface area (Å²) in [6, 6.07) is 3.31. The van der Waals surface area contributed by atoms with E-state index < -0.39 is 32.8 Å². The molecular formula is C8H4F4INO3S. The molecule has 0 heterocycles. The van der Waals surface area contributed by atoms with Gasteiger partial charge in [-0.25, -0.2) is 9.11 Å². The average molecular weight is 397 g/mol. The number of rotatable bonds is 2. The Kier molecular flexibility index (Phi) is 4.20. The fourth-order valence-corrected chi connectivity index (χ4v) is 2.12. The Morgan fingerprint density at radius 1 is 1.28 bits per heavy atom. The van der Waals surface area contributed by atoms with Gasteiger partial charge in [-0.1, -0.05) is 6.07 Å². The smallest absolute Gasteiger partial charge is 0.268 e. The van der Waals surface area contributed by atoms with E-state index >= 15 is 0 Å². The molecule has 0 radical (unpaired) electrons. The molecule has 0 aliphatic rings. The third-order valence-corrected chi connectivity index (χ3v) is 3.68. The van der Waals surface area contributed by atoms with Gasteiger partial charge in [0.1, 0.15) is 5.82 Å². The van der Waals surface area contributed by atoms with Crippen molar-refractivity contribution in [2.45, 2.75) is 5.51 Å². The third kappa shape index (κ3) is 3.10. The number of carbonyl (C=O) groups is 1. The Morgan fingerprint density at radius 3 is 2.28 bits per heavy atom. The number of amides is 1. The minimum Gasteiger partial charge on any atom is -0.268 e. The van der Waals surface area contributed by atoms with E-state index in [-0.39, 0.29) is 3.57 Å². The van der Waals surface area contributed by atoms with E-state index in [1.165, 1.54) is 34.7 Å². The van der Waals surface area contributed by atoms with Crippen molar-refractivity contribution in [3.63, 3.8) is 0 Å². The maximum Gasteiger partial charge on any atom is 0.516 e. The van der Waals surface area contributed by atoms with Crippen molar-refractivity contribution in [2.24, 2.45) is 0 Å². The number of hydrogen-bond acceptors (Lipinski definition) is 3. The molecular weight excluding hydrogens is 393 g/mol. The zero-order valence-electron chi connectivity index (χ0n) is 8.25. The Labute approximate surface area is 113 Å². The second-order valence-corrected chi connectivity index (χ2v) is 5.81. The highest BCUT2D eigenvalue weighted by molar-refractivity contribution is 14.1. The van der Waals surface area contributed by atoms with Crippen molar-refractivity contribution in [3.05, 3.63) is 33.1 Å². The van der Waals surface area contributed by atoms with Crippen molar-refractivity contribution >= 4 is 38.5 Å². The Hall–Kier alpha value is -0.910. The molecule has 0 aliphatic carbocycles. The molecule has 1 rings (SSSR count). The van der Waals surface area contributed by atoms with Gasteiger partial charge in [-0.05, 0) is 34.7 Å². The lowest BCUT2D eigenvalue weighted by molar-refractivity contribution is -0.0446. The molecule has 0 aliphatic heterocycles. The van der Waals surface area contributed by atoms with Gasteiger partial charge in [0.05, 0.1) is 5.56 Å². The molecule has 0 fully saturated rings. The summed E-state index contributed by atoms with van der Waals surface area (Å²) in [6.07, 6.45) is 0. The summed E-state index contributed by atoms with van der Waals surface area (Å²) in [5, 5.41) is 0. The maximum absolute atomic E-state index is 13.2. The Morgan fingerprint density at radius 2 is 1.83 bits per heavy atom. The molecule has 1 aromatic rings. The van der Waals surface area contributed by atoms with Crippen LogP contribution in [0.4, 0.5) is 17.6 Å². The van der Waals surface area contributed by atoms with Gasteiger partial charge in [0.15, 0.2) is 0 Å². The fraction of sp³-hybridized carbons (Fsp3) is 0.125. The minimum atomic E-state index is -5.85. The van der Waals surface area contributed by atoms with Crippen LogP contribution in [0.1, 0.15) is 10.4 Å². The summed E-state index contributed by atoms with van der Waals surface area (Å²) in [5.74, 6) is -2.79. The van der Waals surface area contributed by atoms with E-state index in [0.717, 1.165) is 10.8 Å². The Balaban J connectivity index is 3.12. The zero-order valence-corrected chi connectivity index (χ0v) is 11.2. The molecule has 0 unspecified atom stereocenters. The number of benzene rings is 1. The van der Waals surface area contributed by atoms with Crippen LogP contribution >= 0.6 is 22.6 Å². The van der Waals surface area contributed by atoms with E-state index in [2.05, 4.69) is 0 Å². The lowest BCUT2D eigenvalue weighted by Gasteiger charge is -2.10. The van der Waals surface area contributed by atoms with Gasteiger partial charge in [0, 0.05) is 3.57 Å². The van der Waals surface area contributed by atoms with E-state index in [1.807, 2.05) is 0 Å². The second-order valence-electron chi connectivity index (χ2n) is 2.98. The third-order valence-electron chi connectivity index (χ3n) is 1.72. The van der Waals surface area contributed by atoms with Gasteiger partial charge in [0.2, 0.25) is 0 Å². The summed E-state index contributed by atoms with van der Waals surface area (Å²) in [4.78, 5) is 11.3. The number of nitrogens with one attached hydrogen (secondary N) is 1. The SMILES string of the molecule is O=C(NS(=O)(=O)C(F)(F)F)c1c(F)cccc1I. The van der Waals surface area contributed by atoms with E-state index in [9.17, 15) is 30.8 Å². The largest absolute Gasteiger partial charge is 0.516 e. The molecule has 100 valence electrons. The average Bonchev–Trinajstić information content (AvgIpc) is 2.14. The molecule has 1 aromatic carbocycles. The molecule has 0 aromatic heterocycles. The first-order valence-electron chi connectivity index (χ1n) is 4.13. The lowest BCUT2D eigenvalue weighted by atomic mass is 10.2. The standard InChI is InChI=1S/C8H4F4INO3S/c9-4-2-1-3-5(13)6(4)7(15)14-18(16,17)8(10,11)12/h1-3H,(H,14,15). The number of sulfonamides is 1. The number of halogens is 5. The molecule has 0 saturated heterocycles. The van der Waals surface area contributed by atoms with Gasteiger partial charge < -0.3 is 0 Å². The normalized spacial score (nSPS) is 12.3. The van der Waals surface area contributed by atoms with Gasteiger partial charge in [0.25, 0.3) is 5.91 Å². The molecule has 10 heteroatoms. The lowest BCUT2D eigenvalue weighted by Crippen LogP contribution is -2.40. The quantitative estimate of drug-likeness (QED) is 0.614. The summed E-state index contributed by atoms with van der Waals surface area (Å²) in [7, 11) is -5.85. The first-order valence-corrected chi connectivity index (χ1v) is 6.70. The second kappa shape index (κ2) is 4.99. The van der Waals surface area contributed by atoms with Crippen molar-refractivity contribution in [1.82, 2.24) is 4.72 Å². The van der Waals surface area contributed by atoms with Crippen LogP contribution in [0, 0.1) is 9.39 Å². The predicted octanol–water partition coefficient (Wildman–Crippen LogP) is 2.01. The fourth-order valence-electron chi connectivity index (χ4n) is 0.946. The summed E-state index contributed by atoms with van der Waals surface area (Å²) < 4.78 is 71.4. The number of carbonyl (C=O) groups excluding carboxylic acids is 1. The van der Waals surface area contributed by atoms with Crippen LogP contribution in [-0.2, 0) is 10.0 Å². The summed E-state index contributed by atoms with van der Waals surface area (Å²) >= 11 is 1.50. The number of alkyl halides is 3. The summed E-state index contributed by atoms with van der Waals surface area (Å²) in [5.41, 5.74) is -6.40. The highest BCUT2D eigenvalue weighted by Crippen LogP contribution is 2.23. The maximum atomic E-state index is 13.2. The zero-order chi connectivity index (χ0) is 14.1. The molecule has 18 heavy (non-hydrogen) atoms. The van der Waals surface area contributed by atoms with Crippen molar-refractivity contribution < 1.29 is 30.8 Å². The van der Waals surface area contributed by atoms with Crippen LogP contribution in [0.2, 0.25) is 0 Å². The van der Waals surface area contributed by atoms with Crippen LogP contribution in [0.15, 0.2) is 18.2 Å². The van der Waals surface area contributed by atoms with Crippen molar-refractivity contribution in [2.75, 3.05) is 0 Å². The predicted molar refractivity (Wildman–Crippen MR) is 61.6 cm³/mol. The first kappa shape index (κ1) is 15.1. The van der Waals surface area contributed by atoms with Crippen LogP contribution < -0.4 is 4.72 Å². The molecule has 0 atom stereocenters. The van der Waals surface area contributed by atoms with E-state index in [0.29, 0.717) is 0 Å². The van der Waals surface area contributed by atoms with Crippen molar-refractivity contribution in [3.8, 4) is 0 Å². The van der Waals surface area contributed by atoms with Crippen LogP contribution in [0.3, 0.4) is 0 Å². The van der Waals surface area contributed by atoms with E-state index in [1.54, 1.807) is 0 Å². The molecule has 4 nitrogen and oxygen atoms in total. The van der Waals surface area contributed by atoms with Crippen LogP contribution in [-0.4, -0.2) is 19.8 Å². The molecule has 0 bridgehead atoms. The first-order chi connectivity index (χ1) is 8.06. The molecule has 1 N–H and O–H groups in total. The van der Waals surface area contributed by atoms with Crippen LogP contribution in [0.25, 0.3) is 0 Å². The molecule has 1 amide bonds. The topological polar surface area (TPSA) is 63.2 Å². The van der Waals surface area contributed by atoms with Gasteiger partial charge in [-0.15, -0.1) is 0 Å². The molecule has 0 saturated carbocycles. The minimum absolute atomic E-state index is 0.0116. The van der Waals surface area contributed by atoms with Crippen molar-refractivity contribution in [1.29, 1.82) is 0 Å². The van der Waals surface area contributed by atoms with Gasteiger partial charge in [-0.2, -0.15) is 21.6 Å². The summed E-state index contributed by atoms with van der Waals surface area (Å²) in [6.45, 7) is 0. The number of hydrogen-bond donors (Lipinski definition) is 1. The highest BCUT2D eigenvalue weighted by atomic mass is 127. The monoisotopic (exact) mass is 397 g/mol. The highest BCUT2D eigenvalue weighted by Gasteiger charge is 2.47. The van der Waals surface area contributed by atoms with E-state index in [4.69, 9.17) is 0 Å². The Bertz CT molecular complexity index is 564. The van der Waals surface area contributed by atoms with Gasteiger partial charge >= 0.3 is 15.5 Å².